The number of nitrogens with one attached hydrogen (secondary N) is 1. The summed E-state index contributed by atoms with van der Waals surface area (Å²) in [6, 6.07) is 5.79. The number of nitrogen functional groups attached to an aromatic ring is 1. The lowest BCUT2D eigenvalue weighted by Gasteiger charge is -2.34. The second-order valence-electron chi connectivity index (χ2n) is 7.96. The molecule has 1 atom stereocenters. The Bertz CT molecular complexity index is 910. The van der Waals surface area contributed by atoms with E-state index >= 15 is 0 Å². The number of nitrogens with zero attached hydrogens (tertiary/aromatic N) is 3. The van der Waals surface area contributed by atoms with Gasteiger partial charge in [-0.3, -0.25) is 5.41 Å². The Morgan fingerprint density at radius 2 is 2.14 bits per heavy atom. The monoisotopic (exact) mass is 381 g/mol. The van der Waals surface area contributed by atoms with Crippen LogP contribution in [0.4, 0.5) is 11.5 Å². The third kappa shape index (κ3) is 3.54. The molecule has 0 amide bonds. The van der Waals surface area contributed by atoms with Crippen molar-refractivity contribution in [1.82, 2.24) is 9.97 Å². The van der Waals surface area contributed by atoms with Gasteiger partial charge in [-0.1, -0.05) is 0 Å². The van der Waals surface area contributed by atoms with Gasteiger partial charge >= 0.3 is 0 Å². The third-order valence-electron chi connectivity index (χ3n) is 5.58. The van der Waals surface area contributed by atoms with Gasteiger partial charge in [0.2, 0.25) is 0 Å². The minimum atomic E-state index is -0.0884. The van der Waals surface area contributed by atoms with Crippen molar-refractivity contribution in [3.05, 3.63) is 41.3 Å². The summed E-state index contributed by atoms with van der Waals surface area (Å²) < 4.78 is 11.7. The molecule has 1 unspecified atom stereocenters. The van der Waals surface area contributed by atoms with Crippen LogP contribution in [0.15, 0.2) is 24.5 Å². The molecule has 2 fully saturated rings. The minimum absolute atomic E-state index is 0.0884. The maximum Gasteiger partial charge on any atom is 0.133 e. The number of ether oxygens (including phenoxy) is 2. The number of hydrogen-bond donors (Lipinski definition) is 2. The first-order valence-electron chi connectivity index (χ1n) is 9.72. The van der Waals surface area contributed by atoms with E-state index < -0.39 is 0 Å². The standard InChI is InChI=1S/C21H27N5O2/c1-13-11-27-9-8-26(13)18-10-16(24-12-25-18)20(23)19-14(2)17(5-4-15(19)22)28-21(3)6-7-21/h4-5,10,12-13,23H,6-9,11,22H2,1-3H3. The van der Waals surface area contributed by atoms with Crippen LogP contribution in [0.3, 0.4) is 0 Å². The number of benzene rings is 1. The van der Waals surface area contributed by atoms with Crippen molar-refractivity contribution in [2.24, 2.45) is 0 Å². The lowest BCUT2D eigenvalue weighted by atomic mass is 9.98. The van der Waals surface area contributed by atoms with Gasteiger partial charge in [-0.25, -0.2) is 9.97 Å². The molecule has 7 heteroatoms. The maximum atomic E-state index is 8.79. The molecule has 1 saturated carbocycles. The van der Waals surface area contributed by atoms with E-state index in [2.05, 4.69) is 28.7 Å². The molecule has 1 aromatic heterocycles. The highest BCUT2D eigenvalue weighted by atomic mass is 16.5. The minimum Gasteiger partial charge on any atom is -0.487 e. The Kier molecular flexibility index (Phi) is 4.71. The fourth-order valence-corrected chi connectivity index (χ4v) is 3.54. The Labute approximate surface area is 165 Å². The van der Waals surface area contributed by atoms with E-state index in [1.54, 1.807) is 0 Å². The van der Waals surface area contributed by atoms with Gasteiger partial charge in [-0.05, 0) is 45.7 Å². The molecule has 3 N–H and O–H groups in total. The molecule has 0 bridgehead atoms. The zero-order chi connectivity index (χ0) is 19.9. The number of morpholine rings is 1. The molecule has 2 heterocycles. The maximum absolute atomic E-state index is 8.79. The van der Waals surface area contributed by atoms with Crippen LogP contribution in [0.2, 0.25) is 0 Å². The Hall–Kier alpha value is -2.67. The van der Waals surface area contributed by atoms with Crippen molar-refractivity contribution in [2.75, 3.05) is 30.4 Å². The van der Waals surface area contributed by atoms with E-state index in [4.69, 9.17) is 20.6 Å². The molecule has 2 aliphatic rings. The predicted octanol–water partition coefficient (Wildman–Crippen LogP) is 2.94. The van der Waals surface area contributed by atoms with Crippen LogP contribution in [0.25, 0.3) is 0 Å². The quantitative estimate of drug-likeness (QED) is 0.610. The summed E-state index contributed by atoms with van der Waals surface area (Å²) in [6.45, 7) is 8.27. The molecule has 1 saturated heterocycles. The van der Waals surface area contributed by atoms with Crippen molar-refractivity contribution in [3.8, 4) is 5.75 Å². The van der Waals surface area contributed by atoms with Crippen LogP contribution >= 0.6 is 0 Å². The van der Waals surface area contributed by atoms with Crippen molar-refractivity contribution in [2.45, 2.75) is 45.3 Å². The summed E-state index contributed by atoms with van der Waals surface area (Å²) in [7, 11) is 0. The van der Waals surface area contributed by atoms with Gasteiger partial charge in [0.1, 0.15) is 23.5 Å². The fraction of sp³-hybridized carbons (Fsp3) is 0.476. The number of aromatic nitrogens is 2. The highest BCUT2D eigenvalue weighted by molar-refractivity contribution is 6.14. The summed E-state index contributed by atoms with van der Waals surface area (Å²) in [5.74, 6) is 1.59. The van der Waals surface area contributed by atoms with Gasteiger partial charge in [-0.15, -0.1) is 0 Å². The van der Waals surface area contributed by atoms with Crippen LogP contribution in [0.1, 0.15) is 43.5 Å². The number of rotatable bonds is 5. The first kappa shape index (κ1) is 18.7. The Balaban J connectivity index is 1.66. The van der Waals surface area contributed by atoms with E-state index in [9.17, 15) is 0 Å². The van der Waals surface area contributed by atoms with Crippen LogP contribution in [-0.2, 0) is 4.74 Å². The summed E-state index contributed by atoms with van der Waals surface area (Å²) >= 11 is 0. The second kappa shape index (κ2) is 7.05. The van der Waals surface area contributed by atoms with E-state index in [0.29, 0.717) is 30.2 Å². The van der Waals surface area contributed by atoms with Gasteiger partial charge in [0.05, 0.1) is 30.7 Å². The predicted molar refractivity (Wildman–Crippen MR) is 109 cm³/mol. The number of anilines is 2. The normalized spacial score (nSPS) is 20.7. The summed E-state index contributed by atoms with van der Waals surface area (Å²) in [4.78, 5) is 10.9. The Morgan fingerprint density at radius 3 is 2.86 bits per heavy atom. The van der Waals surface area contributed by atoms with Gasteiger partial charge in [0.25, 0.3) is 0 Å². The first-order chi connectivity index (χ1) is 13.4. The molecule has 2 aromatic rings. The molecule has 1 aliphatic heterocycles. The summed E-state index contributed by atoms with van der Waals surface area (Å²) in [5, 5.41) is 8.79. The van der Waals surface area contributed by atoms with Crippen molar-refractivity contribution in [3.63, 3.8) is 0 Å². The first-order valence-corrected chi connectivity index (χ1v) is 9.72. The van der Waals surface area contributed by atoms with Crippen LogP contribution in [0, 0.1) is 12.3 Å². The topological polar surface area (TPSA) is 97.4 Å². The van der Waals surface area contributed by atoms with Crippen molar-refractivity contribution in [1.29, 1.82) is 5.41 Å². The highest BCUT2D eigenvalue weighted by Crippen LogP contribution is 2.41. The molecule has 148 valence electrons. The van der Waals surface area contributed by atoms with Crippen molar-refractivity contribution >= 4 is 17.2 Å². The van der Waals surface area contributed by atoms with E-state index in [-0.39, 0.29) is 17.4 Å². The Morgan fingerprint density at radius 1 is 1.36 bits per heavy atom. The SMILES string of the molecule is Cc1c(OC2(C)CC2)ccc(N)c1C(=N)c1cc(N2CCOCC2C)ncn1. The molecule has 0 radical (unpaired) electrons. The smallest absolute Gasteiger partial charge is 0.133 e. The van der Waals surface area contributed by atoms with Crippen LogP contribution in [-0.4, -0.2) is 47.1 Å². The lowest BCUT2D eigenvalue weighted by molar-refractivity contribution is 0.0985. The van der Waals surface area contributed by atoms with E-state index in [0.717, 1.165) is 36.5 Å². The third-order valence-corrected chi connectivity index (χ3v) is 5.58. The van der Waals surface area contributed by atoms with Gasteiger partial charge in [0.15, 0.2) is 0 Å². The molecule has 1 aliphatic carbocycles. The molecular weight excluding hydrogens is 354 g/mol. The molecule has 4 rings (SSSR count). The molecule has 0 spiro atoms. The highest BCUT2D eigenvalue weighted by Gasteiger charge is 2.40. The van der Waals surface area contributed by atoms with E-state index in [1.807, 2.05) is 25.1 Å². The molecular formula is C21H27N5O2. The van der Waals surface area contributed by atoms with Gasteiger partial charge in [-0.2, -0.15) is 0 Å². The van der Waals surface area contributed by atoms with Gasteiger partial charge < -0.3 is 20.1 Å². The second-order valence-corrected chi connectivity index (χ2v) is 7.96. The average molecular weight is 381 g/mol. The lowest BCUT2D eigenvalue weighted by Crippen LogP contribution is -2.44. The van der Waals surface area contributed by atoms with Gasteiger partial charge in [0, 0.05) is 29.4 Å². The molecule has 28 heavy (non-hydrogen) atoms. The molecule has 1 aromatic carbocycles. The van der Waals surface area contributed by atoms with Crippen molar-refractivity contribution < 1.29 is 9.47 Å². The summed E-state index contributed by atoms with van der Waals surface area (Å²) in [5.41, 5.74) is 9.08. The number of nitrogens with two attached hydrogens (primary N) is 1. The summed E-state index contributed by atoms with van der Waals surface area (Å²) in [6.07, 6.45) is 3.62. The van der Waals surface area contributed by atoms with E-state index in [1.165, 1.54) is 6.33 Å². The van der Waals surface area contributed by atoms with Crippen LogP contribution < -0.4 is 15.4 Å². The average Bonchev–Trinajstić information content (AvgIpc) is 3.41. The fourth-order valence-electron chi connectivity index (χ4n) is 3.54. The number of hydrogen-bond acceptors (Lipinski definition) is 7. The van der Waals surface area contributed by atoms with Crippen LogP contribution in [0.5, 0.6) is 5.75 Å². The molecule has 7 nitrogen and oxygen atoms in total. The zero-order valence-electron chi connectivity index (χ0n) is 16.7. The largest absolute Gasteiger partial charge is 0.487 e. The zero-order valence-corrected chi connectivity index (χ0v) is 16.7.